The van der Waals surface area contributed by atoms with E-state index in [0.717, 1.165) is 5.56 Å². The van der Waals surface area contributed by atoms with Crippen molar-refractivity contribution in [1.29, 1.82) is 0 Å². The maximum absolute atomic E-state index is 14.4. The lowest BCUT2D eigenvalue weighted by Gasteiger charge is -2.36. The Morgan fingerprint density at radius 3 is 2.40 bits per heavy atom. The van der Waals surface area contributed by atoms with Gasteiger partial charge in [0.05, 0.1) is 17.5 Å². The molecule has 5 amide bonds. The summed E-state index contributed by atoms with van der Waals surface area (Å²) in [6.45, 7) is 16.5. The molecule has 14 nitrogen and oxygen atoms in total. The Kier molecular flexibility index (Phi) is 11.2. The van der Waals surface area contributed by atoms with Gasteiger partial charge in [-0.05, 0) is 54.7 Å². The molecule has 2 aliphatic carbocycles. The number of likely N-dealkylation sites (tertiary alicyclic amines) is 1. The second kappa shape index (κ2) is 14.8. The molecular weight excluding hydrogens is 721 g/mol. The van der Waals surface area contributed by atoms with Gasteiger partial charge in [0, 0.05) is 35.9 Å². The number of hydrogen-bond acceptors (Lipinski definition) is 10. The molecule has 288 valence electrons. The molecular formula is C37H50N6O8S2. The first-order valence-corrected chi connectivity index (χ1v) is 20.1. The van der Waals surface area contributed by atoms with Crippen LogP contribution in [0.4, 0.5) is 10.5 Å². The van der Waals surface area contributed by atoms with Crippen molar-refractivity contribution in [3.63, 3.8) is 0 Å². The van der Waals surface area contributed by atoms with Crippen LogP contribution in [0.3, 0.4) is 0 Å². The largest absolute Gasteiger partial charge is 0.444 e. The average Bonchev–Trinajstić information content (AvgIpc) is 3.91. The van der Waals surface area contributed by atoms with Crippen LogP contribution in [-0.2, 0) is 33.9 Å². The van der Waals surface area contributed by atoms with Crippen LogP contribution in [0.15, 0.2) is 42.4 Å². The maximum atomic E-state index is 14.4. The van der Waals surface area contributed by atoms with Crippen LogP contribution in [0.5, 0.6) is 0 Å². The number of benzene rings is 1. The minimum Gasteiger partial charge on any atom is -0.444 e. The predicted octanol–water partition coefficient (Wildman–Crippen LogP) is 4.27. The number of carbonyl (C=O) groups excluding carboxylic acids is 5. The van der Waals surface area contributed by atoms with Crippen molar-refractivity contribution in [2.24, 2.45) is 16.7 Å². The number of nitrogens with one attached hydrogen (secondary N) is 4. The van der Waals surface area contributed by atoms with E-state index in [1.54, 1.807) is 33.0 Å². The molecule has 3 aliphatic rings. The van der Waals surface area contributed by atoms with E-state index in [2.05, 4.69) is 32.2 Å². The Balaban J connectivity index is 1.40. The number of aryl methyl sites for hydroxylation is 1. The van der Waals surface area contributed by atoms with Crippen molar-refractivity contribution >= 4 is 56.8 Å². The fourth-order valence-corrected chi connectivity index (χ4v) is 8.54. The summed E-state index contributed by atoms with van der Waals surface area (Å²) in [4.78, 5) is 74.2. The molecule has 0 bridgehead atoms. The number of ether oxygens (including phenoxy) is 1. The molecule has 16 heteroatoms. The monoisotopic (exact) mass is 770 g/mol. The Morgan fingerprint density at radius 1 is 1.13 bits per heavy atom. The molecule has 5 rings (SSSR count). The Hall–Kier alpha value is -4.31. The van der Waals surface area contributed by atoms with Crippen LogP contribution in [0.2, 0.25) is 0 Å². The van der Waals surface area contributed by atoms with Gasteiger partial charge in [-0.2, -0.15) is 0 Å². The summed E-state index contributed by atoms with van der Waals surface area (Å²) in [6, 6.07) is 3.23. The number of carbonyl (C=O) groups is 5. The van der Waals surface area contributed by atoms with E-state index in [1.165, 1.54) is 22.3 Å². The van der Waals surface area contributed by atoms with E-state index >= 15 is 0 Å². The summed E-state index contributed by atoms with van der Waals surface area (Å²) in [7, 11) is -3.92. The highest BCUT2D eigenvalue weighted by Gasteiger charge is 2.62. The number of amides is 5. The van der Waals surface area contributed by atoms with Crippen LogP contribution in [0.1, 0.15) is 79.2 Å². The SMILES string of the molecule is C=CC1CC1(NC(=O)C1CC(OC(=O)Nc2cc(C)ccc2-c2nccs2)CN1C(=O)C(NC(=O)CC(C)(C)C)C(C)(C)C)C(=O)NS(=O)(=O)C1CC1. The van der Waals surface area contributed by atoms with Gasteiger partial charge in [0.1, 0.15) is 28.7 Å². The average molecular weight is 771 g/mol. The second-order valence-corrected chi connectivity index (χ2v) is 19.4. The molecule has 53 heavy (non-hydrogen) atoms. The van der Waals surface area contributed by atoms with E-state index in [4.69, 9.17) is 4.74 Å². The highest BCUT2D eigenvalue weighted by atomic mass is 32.2. The molecule has 4 N–H and O–H groups in total. The number of rotatable bonds is 12. The van der Waals surface area contributed by atoms with Gasteiger partial charge in [-0.1, -0.05) is 53.7 Å². The van der Waals surface area contributed by atoms with Crippen LogP contribution in [0, 0.1) is 23.7 Å². The second-order valence-electron chi connectivity index (χ2n) is 16.6. The van der Waals surface area contributed by atoms with Crippen molar-refractivity contribution in [3.05, 3.63) is 48.0 Å². The smallest absolute Gasteiger partial charge is 0.411 e. The summed E-state index contributed by atoms with van der Waals surface area (Å²) in [5.41, 5.74) is -0.691. The fraction of sp³-hybridized carbons (Fsp3) is 0.568. The Labute approximate surface area is 315 Å². The zero-order valence-electron chi connectivity index (χ0n) is 31.3. The van der Waals surface area contributed by atoms with Gasteiger partial charge < -0.3 is 20.3 Å². The molecule has 2 saturated carbocycles. The zero-order chi connectivity index (χ0) is 39.1. The quantitative estimate of drug-likeness (QED) is 0.228. The fourth-order valence-electron chi connectivity index (χ4n) is 6.50. The molecule has 3 fully saturated rings. The van der Waals surface area contributed by atoms with Crippen molar-refractivity contribution in [1.82, 2.24) is 25.2 Å². The minimum absolute atomic E-state index is 0.114. The molecule has 1 aliphatic heterocycles. The summed E-state index contributed by atoms with van der Waals surface area (Å²) in [6.07, 6.45) is 2.39. The number of hydrogen-bond donors (Lipinski definition) is 4. The minimum atomic E-state index is -3.92. The Bertz CT molecular complexity index is 1880. The summed E-state index contributed by atoms with van der Waals surface area (Å²) in [5.74, 6) is -3.06. The maximum Gasteiger partial charge on any atom is 0.411 e. The molecule has 0 radical (unpaired) electrons. The molecule has 0 spiro atoms. The van der Waals surface area contributed by atoms with Crippen LogP contribution in [-0.4, -0.2) is 83.5 Å². The first-order chi connectivity index (χ1) is 24.6. The van der Waals surface area contributed by atoms with Crippen molar-refractivity contribution in [3.8, 4) is 10.6 Å². The molecule has 2 aromatic rings. The lowest BCUT2D eigenvalue weighted by molar-refractivity contribution is -0.144. The first kappa shape index (κ1) is 39.9. The number of aromatic nitrogens is 1. The van der Waals surface area contributed by atoms with Gasteiger partial charge in [-0.25, -0.2) is 18.2 Å². The number of anilines is 1. The standard InChI is InChI=1S/C37H50N6O8S2/c1-9-22-18-37(22,33(47)42-53(49,50)24-11-12-24)41-30(45)27-17-23(20-43(27)32(46)29(36(6,7)8)40-28(44)19-35(3,4)5)51-34(48)39-26-16-21(2)10-13-25(26)31-38-14-15-52-31/h9-10,13-16,22-24,27,29H,1,11-12,17-20H2,2-8H3,(H,39,48)(H,40,44)(H,41,45)(H,42,47). The van der Waals surface area contributed by atoms with Gasteiger partial charge in [0.25, 0.3) is 5.91 Å². The van der Waals surface area contributed by atoms with Crippen molar-refractivity contribution in [2.75, 3.05) is 11.9 Å². The lowest BCUT2D eigenvalue weighted by Crippen LogP contribution is -2.60. The zero-order valence-corrected chi connectivity index (χ0v) is 32.9. The third-order valence-electron chi connectivity index (χ3n) is 9.55. The van der Waals surface area contributed by atoms with E-state index in [-0.39, 0.29) is 37.1 Å². The van der Waals surface area contributed by atoms with Gasteiger partial charge in [-0.3, -0.25) is 29.2 Å². The van der Waals surface area contributed by atoms with Crippen molar-refractivity contribution in [2.45, 2.75) is 110 Å². The molecule has 1 saturated heterocycles. The van der Waals surface area contributed by atoms with E-state index in [9.17, 15) is 32.4 Å². The lowest BCUT2D eigenvalue weighted by atomic mass is 9.84. The molecule has 1 aromatic carbocycles. The van der Waals surface area contributed by atoms with Gasteiger partial charge in [0.15, 0.2) is 0 Å². The third-order valence-corrected chi connectivity index (χ3v) is 12.2. The molecule has 5 atom stereocenters. The topological polar surface area (TPSA) is 193 Å². The third kappa shape index (κ3) is 9.44. The van der Waals surface area contributed by atoms with E-state index in [1.807, 2.05) is 45.2 Å². The number of nitrogens with zero attached hydrogens (tertiary/aromatic N) is 2. The van der Waals surface area contributed by atoms with Gasteiger partial charge in [-0.15, -0.1) is 17.9 Å². The summed E-state index contributed by atoms with van der Waals surface area (Å²) in [5, 5.41) is 10.2. The predicted molar refractivity (Wildman–Crippen MR) is 201 cm³/mol. The highest BCUT2D eigenvalue weighted by molar-refractivity contribution is 7.91. The van der Waals surface area contributed by atoms with Gasteiger partial charge in [0.2, 0.25) is 27.7 Å². The Morgan fingerprint density at radius 2 is 1.83 bits per heavy atom. The first-order valence-electron chi connectivity index (χ1n) is 17.7. The summed E-state index contributed by atoms with van der Waals surface area (Å²) >= 11 is 1.41. The van der Waals surface area contributed by atoms with Crippen LogP contribution in [0.25, 0.3) is 10.6 Å². The van der Waals surface area contributed by atoms with Crippen LogP contribution < -0.4 is 20.7 Å². The van der Waals surface area contributed by atoms with E-state index < -0.39 is 74.1 Å². The molecule has 1 aromatic heterocycles. The highest BCUT2D eigenvalue weighted by Crippen LogP contribution is 2.45. The van der Waals surface area contributed by atoms with E-state index in [0.29, 0.717) is 29.1 Å². The molecule has 2 heterocycles. The van der Waals surface area contributed by atoms with Gasteiger partial charge >= 0.3 is 6.09 Å². The number of thiazole rings is 1. The normalized spacial score (nSPS) is 23.4. The summed E-state index contributed by atoms with van der Waals surface area (Å²) < 4.78 is 33.3. The number of sulfonamides is 1. The molecule has 5 unspecified atom stereocenters. The van der Waals surface area contributed by atoms with Crippen molar-refractivity contribution < 1.29 is 37.1 Å². The van der Waals surface area contributed by atoms with Crippen LogP contribution >= 0.6 is 11.3 Å².